The molecule has 0 saturated carbocycles. The third-order valence-electron chi connectivity index (χ3n) is 8.64. The Bertz CT molecular complexity index is 1170. The summed E-state index contributed by atoms with van der Waals surface area (Å²) in [7, 11) is 1.96. The van der Waals surface area contributed by atoms with Crippen LogP contribution in [-0.2, 0) is 28.8 Å². The summed E-state index contributed by atoms with van der Waals surface area (Å²) in [5.74, 6) is -0.796. The molecule has 0 saturated heterocycles. The Morgan fingerprint density at radius 1 is 0.519 bits per heavy atom. The highest BCUT2D eigenvalue weighted by atomic mass is 16.4. The predicted molar refractivity (Wildman–Crippen MR) is 210 cm³/mol. The fourth-order valence-electron chi connectivity index (χ4n) is 5.41. The number of carboxylic acids is 1. The number of carbonyl (C=O) groups is 6. The van der Waals surface area contributed by atoms with Gasteiger partial charge in [-0.2, -0.15) is 0 Å². The van der Waals surface area contributed by atoms with Crippen molar-refractivity contribution in [3.63, 3.8) is 0 Å². The van der Waals surface area contributed by atoms with E-state index in [4.69, 9.17) is 5.11 Å². The largest absolute Gasteiger partial charge is 0.481 e. The number of nitrogens with one attached hydrogen (secondary N) is 3. The number of rotatable bonds is 35. The Kier molecular flexibility index (Phi) is 32.0. The van der Waals surface area contributed by atoms with Crippen molar-refractivity contribution in [3.8, 4) is 0 Å². The number of carbonyl (C=O) groups excluding carboxylic acids is 5. The first-order valence-electron chi connectivity index (χ1n) is 19.8. The van der Waals surface area contributed by atoms with Gasteiger partial charge in [0, 0.05) is 56.8 Å². The number of unbranched alkanes of at least 4 members (excludes halogenated alkanes) is 13. The molecule has 4 N–H and O–H groups in total. The molecule has 2 amide bonds. The Labute approximate surface area is 313 Å². The molecular formula is C42H69N3O7. The molecule has 0 bridgehead atoms. The summed E-state index contributed by atoms with van der Waals surface area (Å²) in [6.45, 7) is 5.74. The first kappa shape index (κ1) is 48.3. The van der Waals surface area contributed by atoms with Gasteiger partial charge in [0.15, 0.2) is 11.6 Å². The monoisotopic (exact) mass is 728 g/mol. The molecule has 0 rings (SSSR count). The van der Waals surface area contributed by atoms with E-state index < -0.39 is 5.97 Å². The van der Waals surface area contributed by atoms with E-state index in [0.717, 1.165) is 95.6 Å². The van der Waals surface area contributed by atoms with E-state index in [2.05, 4.69) is 16.0 Å². The molecule has 0 spiro atoms. The Morgan fingerprint density at radius 3 is 1.56 bits per heavy atom. The zero-order valence-corrected chi connectivity index (χ0v) is 32.5. The second-order valence-corrected chi connectivity index (χ2v) is 13.7. The summed E-state index contributed by atoms with van der Waals surface area (Å²) in [6.07, 6.45) is 27.6. The zero-order valence-electron chi connectivity index (χ0n) is 32.5. The molecule has 52 heavy (non-hydrogen) atoms. The molecule has 0 aliphatic rings. The molecular weight excluding hydrogens is 658 g/mol. The third-order valence-corrected chi connectivity index (χ3v) is 8.64. The molecule has 0 aliphatic carbocycles. The number of hydrogen-bond acceptors (Lipinski definition) is 7. The lowest BCUT2D eigenvalue weighted by Gasteiger charge is -2.05. The van der Waals surface area contributed by atoms with Crippen molar-refractivity contribution in [1.82, 2.24) is 16.0 Å². The maximum absolute atomic E-state index is 12.3. The van der Waals surface area contributed by atoms with Crippen LogP contribution in [0.4, 0.5) is 0 Å². The van der Waals surface area contributed by atoms with Crippen LogP contribution >= 0.6 is 0 Å². The quantitative estimate of drug-likeness (QED) is 0.0292. The van der Waals surface area contributed by atoms with Gasteiger partial charge in [0.1, 0.15) is 5.78 Å². The van der Waals surface area contributed by atoms with Crippen molar-refractivity contribution in [3.05, 3.63) is 47.6 Å². The van der Waals surface area contributed by atoms with Crippen LogP contribution in [0.3, 0.4) is 0 Å². The van der Waals surface area contributed by atoms with Crippen LogP contribution in [0.25, 0.3) is 0 Å². The molecule has 0 atom stereocenters. The Hall–Kier alpha value is -3.66. The van der Waals surface area contributed by atoms with Crippen molar-refractivity contribution in [2.75, 3.05) is 26.7 Å². The molecule has 0 aromatic carbocycles. The first-order chi connectivity index (χ1) is 25.0. The van der Waals surface area contributed by atoms with Gasteiger partial charge in [0.05, 0.1) is 0 Å². The minimum absolute atomic E-state index is 0.0327. The van der Waals surface area contributed by atoms with E-state index in [1.807, 2.05) is 14.0 Å². The topological polar surface area (TPSA) is 159 Å². The maximum atomic E-state index is 12.3. The second-order valence-electron chi connectivity index (χ2n) is 13.7. The van der Waals surface area contributed by atoms with Gasteiger partial charge in [-0.25, -0.2) is 0 Å². The van der Waals surface area contributed by atoms with E-state index in [-0.39, 0.29) is 35.6 Å². The number of allylic oxidation sites excluding steroid dienone is 6. The highest BCUT2D eigenvalue weighted by molar-refractivity contribution is 5.94. The van der Waals surface area contributed by atoms with E-state index >= 15 is 0 Å². The third kappa shape index (κ3) is 33.5. The summed E-state index contributed by atoms with van der Waals surface area (Å²) >= 11 is 0. The van der Waals surface area contributed by atoms with E-state index in [0.29, 0.717) is 57.2 Å². The van der Waals surface area contributed by atoms with Crippen molar-refractivity contribution in [2.24, 2.45) is 0 Å². The van der Waals surface area contributed by atoms with Gasteiger partial charge in [-0.3, -0.25) is 28.8 Å². The van der Waals surface area contributed by atoms with Gasteiger partial charge < -0.3 is 21.1 Å². The number of aliphatic carboxylic acids is 1. The molecule has 0 heterocycles. The molecule has 0 aromatic heterocycles. The molecule has 0 radical (unpaired) electrons. The number of carboxylic acid groups (broad SMARTS) is 1. The van der Waals surface area contributed by atoms with Crippen molar-refractivity contribution >= 4 is 35.1 Å². The van der Waals surface area contributed by atoms with Crippen LogP contribution in [0, 0.1) is 0 Å². The molecule has 0 aliphatic heterocycles. The number of Topliss-reactive ketones (excluding diaryl/α,β-unsaturated/α-hetero) is 1. The maximum Gasteiger partial charge on any atom is 0.303 e. The molecule has 0 unspecified atom stereocenters. The molecule has 10 nitrogen and oxygen atoms in total. The van der Waals surface area contributed by atoms with Gasteiger partial charge in [-0.15, -0.1) is 0 Å². The number of amides is 2. The van der Waals surface area contributed by atoms with E-state index in [1.54, 1.807) is 31.2 Å². The van der Waals surface area contributed by atoms with Crippen LogP contribution in [0.5, 0.6) is 0 Å². The highest BCUT2D eigenvalue weighted by Crippen LogP contribution is 2.10. The molecule has 0 aromatic rings. The SMILES string of the molecule is CNCCCCCCCC(=O)/C=C/C(C)=C/C(=O)NCCCCCCCC(=O)/C=C/C=C(\C)C(=O)NCCCCCCCC(=O)CCCCC(=O)O. The minimum Gasteiger partial charge on any atom is -0.481 e. The van der Waals surface area contributed by atoms with Gasteiger partial charge in [0.25, 0.3) is 0 Å². The average molecular weight is 728 g/mol. The first-order valence-corrected chi connectivity index (χ1v) is 19.8. The summed E-state index contributed by atoms with van der Waals surface area (Å²) < 4.78 is 0. The lowest BCUT2D eigenvalue weighted by atomic mass is 10.0. The summed E-state index contributed by atoms with van der Waals surface area (Å²) in [6, 6.07) is 0. The smallest absolute Gasteiger partial charge is 0.303 e. The van der Waals surface area contributed by atoms with Crippen LogP contribution in [0.2, 0.25) is 0 Å². The predicted octanol–water partition coefficient (Wildman–Crippen LogP) is 7.82. The van der Waals surface area contributed by atoms with Gasteiger partial charge in [-0.1, -0.05) is 76.0 Å². The van der Waals surface area contributed by atoms with Crippen molar-refractivity contribution < 1.29 is 33.9 Å². The van der Waals surface area contributed by atoms with Crippen LogP contribution in [0.15, 0.2) is 47.6 Å². The molecule has 0 fully saturated rings. The Morgan fingerprint density at radius 2 is 0.981 bits per heavy atom. The van der Waals surface area contributed by atoms with Crippen molar-refractivity contribution in [2.45, 2.75) is 155 Å². The molecule has 10 heteroatoms. The summed E-state index contributed by atoms with van der Waals surface area (Å²) in [5.41, 5.74) is 1.29. The minimum atomic E-state index is -0.820. The number of hydrogen-bond donors (Lipinski definition) is 4. The van der Waals surface area contributed by atoms with E-state index in [1.165, 1.54) is 25.0 Å². The van der Waals surface area contributed by atoms with Crippen molar-refractivity contribution in [1.29, 1.82) is 0 Å². The second kappa shape index (κ2) is 34.4. The molecule has 294 valence electrons. The van der Waals surface area contributed by atoms with Gasteiger partial charge >= 0.3 is 5.97 Å². The van der Waals surface area contributed by atoms with Crippen LogP contribution in [0.1, 0.15) is 155 Å². The summed E-state index contributed by atoms with van der Waals surface area (Å²) in [4.78, 5) is 71.0. The highest BCUT2D eigenvalue weighted by Gasteiger charge is 2.05. The average Bonchev–Trinajstić information content (AvgIpc) is 3.10. The standard InChI is InChI=1S/C42H69N3O7/c1-35(29-30-39(48)25-15-7-4-10-18-31-43-3)34-40(49)44-32-19-11-5-8-14-24-38(47)27-21-22-36(2)42(52)45-33-20-12-6-9-13-23-37(46)26-16-17-28-41(50)51/h21-22,27,29-30,34,43H,4-20,23-26,28,31-33H2,1-3H3,(H,44,49)(H,45,52)(H,50,51)/b27-21+,30-29+,35-34+,36-22+. The summed E-state index contributed by atoms with van der Waals surface area (Å²) in [5, 5.41) is 17.6. The van der Waals surface area contributed by atoms with E-state index in [9.17, 15) is 28.8 Å². The zero-order chi connectivity index (χ0) is 38.7. The van der Waals surface area contributed by atoms with Crippen LogP contribution < -0.4 is 16.0 Å². The fourth-order valence-corrected chi connectivity index (χ4v) is 5.41. The number of ketones is 3. The Balaban J connectivity index is 3.86. The van der Waals surface area contributed by atoms with Gasteiger partial charge in [0.2, 0.25) is 11.8 Å². The van der Waals surface area contributed by atoms with Crippen LogP contribution in [-0.4, -0.2) is 66.9 Å². The van der Waals surface area contributed by atoms with Gasteiger partial charge in [-0.05, 0) is 96.5 Å². The normalized spacial score (nSPS) is 12.1. The fraction of sp³-hybridized carbons (Fsp3) is 0.667. The lowest BCUT2D eigenvalue weighted by molar-refractivity contribution is -0.137. The lowest BCUT2D eigenvalue weighted by Crippen LogP contribution is -2.25.